The molecule has 0 saturated carbocycles. The number of hydrogen-bond acceptors (Lipinski definition) is 4. The van der Waals surface area contributed by atoms with Gasteiger partial charge in [-0.2, -0.15) is 0 Å². The van der Waals surface area contributed by atoms with Crippen LogP contribution in [0.5, 0.6) is 0 Å². The number of methoxy groups -OCH3 is 1. The van der Waals surface area contributed by atoms with Crippen LogP contribution in [0.1, 0.15) is 16.8 Å². The van der Waals surface area contributed by atoms with Gasteiger partial charge < -0.3 is 15.4 Å². The van der Waals surface area contributed by atoms with Crippen molar-refractivity contribution in [1.29, 1.82) is 0 Å². The van der Waals surface area contributed by atoms with Crippen LogP contribution in [-0.4, -0.2) is 37.0 Å². The highest BCUT2D eigenvalue weighted by molar-refractivity contribution is 9.09. The lowest BCUT2D eigenvalue weighted by Gasteiger charge is -2.35. The molecule has 1 saturated heterocycles. The maximum Gasteiger partial charge on any atom is 0.337 e. The van der Waals surface area contributed by atoms with Gasteiger partial charge >= 0.3 is 5.97 Å². The summed E-state index contributed by atoms with van der Waals surface area (Å²) in [5.74, 6) is -0.310. The summed E-state index contributed by atoms with van der Waals surface area (Å²) < 4.78 is 4.68. The Bertz CT molecular complexity index is 412. The lowest BCUT2D eigenvalue weighted by atomic mass is 10.1. The molecule has 0 amide bonds. The lowest BCUT2D eigenvalue weighted by Crippen LogP contribution is -2.47. The van der Waals surface area contributed by atoms with Gasteiger partial charge in [0.1, 0.15) is 0 Å². The Hall–Kier alpha value is -1.07. The van der Waals surface area contributed by atoms with Crippen LogP contribution in [0.3, 0.4) is 0 Å². The van der Waals surface area contributed by atoms with Crippen LogP contribution in [0.4, 0.5) is 5.69 Å². The van der Waals surface area contributed by atoms with Gasteiger partial charge in [0.15, 0.2) is 0 Å². The number of hydrogen-bond donors (Lipinski definition) is 1. The molecule has 4 nitrogen and oxygen atoms in total. The third kappa shape index (κ3) is 3.03. The minimum absolute atomic E-state index is 0.184. The molecule has 1 aromatic carbocycles. The number of nitrogens with two attached hydrogens (primary N) is 1. The van der Waals surface area contributed by atoms with Crippen LogP contribution >= 0.6 is 15.9 Å². The number of rotatable bonds is 2. The summed E-state index contributed by atoms with van der Waals surface area (Å²) in [6.45, 7) is 1.78. The summed E-state index contributed by atoms with van der Waals surface area (Å²) in [6.07, 6.45) is 0.997. The number of halogens is 1. The molecule has 0 aliphatic carbocycles. The molecule has 2 unspecified atom stereocenters. The molecular formula is C13H17BrN2O2. The van der Waals surface area contributed by atoms with E-state index >= 15 is 0 Å². The fraction of sp³-hybridized carbons (Fsp3) is 0.462. The second kappa shape index (κ2) is 5.71. The molecule has 18 heavy (non-hydrogen) atoms. The summed E-state index contributed by atoms with van der Waals surface area (Å²) in [5.41, 5.74) is 7.66. The number of benzene rings is 1. The maximum absolute atomic E-state index is 11.3. The minimum atomic E-state index is -0.310. The van der Waals surface area contributed by atoms with Crippen molar-refractivity contribution in [2.24, 2.45) is 5.73 Å². The highest BCUT2D eigenvalue weighted by atomic mass is 79.9. The standard InChI is InChI=1S/C13H17BrN2O2/c1-18-13(17)9-2-4-12(5-3-9)16-7-10(14)6-11(15)8-16/h2-5,10-11H,6-8,15H2,1H3. The molecule has 1 aliphatic heterocycles. The predicted molar refractivity (Wildman–Crippen MR) is 75.3 cm³/mol. The Labute approximate surface area is 115 Å². The maximum atomic E-state index is 11.3. The number of alkyl halides is 1. The molecule has 2 N–H and O–H groups in total. The third-order valence-electron chi connectivity index (χ3n) is 3.09. The topological polar surface area (TPSA) is 55.6 Å². The minimum Gasteiger partial charge on any atom is -0.465 e. The number of carbonyl (C=O) groups is 1. The first kappa shape index (κ1) is 13.4. The Morgan fingerprint density at radius 3 is 2.61 bits per heavy atom. The number of carbonyl (C=O) groups excluding carboxylic acids is 1. The Morgan fingerprint density at radius 1 is 1.39 bits per heavy atom. The Morgan fingerprint density at radius 2 is 2.06 bits per heavy atom. The number of piperidine rings is 1. The molecule has 5 heteroatoms. The normalized spacial score (nSPS) is 23.8. The zero-order chi connectivity index (χ0) is 13.1. The Balaban J connectivity index is 2.11. The van der Waals surface area contributed by atoms with Crippen molar-refractivity contribution in [3.8, 4) is 0 Å². The van der Waals surface area contributed by atoms with Gasteiger partial charge in [0, 0.05) is 29.6 Å². The highest BCUT2D eigenvalue weighted by Crippen LogP contribution is 2.23. The molecule has 1 aromatic rings. The van der Waals surface area contributed by atoms with Gasteiger partial charge in [-0.3, -0.25) is 0 Å². The molecule has 1 aliphatic rings. The van der Waals surface area contributed by atoms with Crippen molar-refractivity contribution in [2.45, 2.75) is 17.3 Å². The van der Waals surface area contributed by atoms with Gasteiger partial charge in [-0.1, -0.05) is 15.9 Å². The molecule has 0 aromatic heterocycles. The molecule has 0 bridgehead atoms. The van der Waals surface area contributed by atoms with Crippen LogP contribution < -0.4 is 10.6 Å². The Kier molecular flexibility index (Phi) is 4.24. The number of ether oxygens (including phenoxy) is 1. The van der Waals surface area contributed by atoms with Crippen molar-refractivity contribution in [1.82, 2.24) is 0 Å². The molecule has 0 radical (unpaired) electrons. The van der Waals surface area contributed by atoms with E-state index in [0.29, 0.717) is 10.4 Å². The molecular weight excluding hydrogens is 296 g/mol. The summed E-state index contributed by atoms with van der Waals surface area (Å²) in [5, 5.41) is 0. The smallest absolute Gasteiger partial charge is 0.337 e. The molecule has 2 atom stereocenters. The fourth-order valence-electron chi connectivity index (χ4n) is 2.21. The number of esters is 1. The van der Waals surface area contributed by atoms with Crippen molar-refractivity contribution in [2.75, 3.05) is 25.1 Å². The number of anilines is 1. The van der Waals surface area contributed by atoms with Gasteiger partial charge in [0.05, 0.1) is 12.7 Å². The number of nitrogens with zero attached hydrogens (tertiary/aromatic N) is 1. The quantitative estimate of drug-likeness (QED) is 0.668. The van der Waals surface area contributed by atoms with Crippen molar-refractivity contribution in [3.63, 3.8) is 0 Å². The van der Waals surface area contributed by atoms with Crippen LogP contribution in [0, 0.1) is 0 Å². The summed E-state index contributed by atoms with van der Waals surface area (Å²) in [7, 11) is 1.38. The van der Waals surface area contributed by atoms with E-state index in [1.165, 1.54) is 7.11 Å². The van der Waals surface area contributed by atoms with E-state index in [1.54, 1.807) is 12.1 Å². The molecule has 1 heterocycles. The monoisotopic (exact) mass is 312 g/mol. The summed E-state index contributed by atoms with van der Waals surface area (Å²) in [6, 6.07) is 7.62. The van der Waals surface area contributed by atoms with E-state index < -0.39 is 0 Å². The van der Waals surface area contributed by atoms with Crippen molar-refractivity contribution >= 4 is 27.6 Å². The highest BCUT2D eigenvalue weighted by Gasteiger charge is 2.23. The first-order chi connectivity index (χ1) is 8.60. The van der Waals surface area contributed by atoms with Gasteiger partial charge in [-0.05, 0) is 30.7 Å². The SMILES string of the molecule is COC(=O)c1ccc(N2CC(N)CC(Br)C2)cc1. The van der Waals surface area contributed by atoms with Gasteiger partial charge in [-0.25, -0.2) is 4.79 Å². The molecule has 1 fully saturated rings. The predicted octanol–water partition coefficient (Wildman–Crippen LogP) is 1.77. The average molecular weight is 313 g/mol. The van der Waals surface area contributed by atoms with E-state index in [4.69, 9.17) is 5.73 Å². The fourth-order valence-corrected chi connectivity index (χ4v) is 3.04. The zero-order valence-corrected chi connectivity index (χ0v) is 11.9. The van der Waals surface area contributed by atoms with E-state index in [9.17, 15) is 4.79 Å². The largest absolute Gasteiger partial charge is 0.465 e. The van der Waals surface area contributed by atoms with Gasteiger partial charge in [-0.15, -0.1) is 0 Å². The van der Waals surface area contributed by atoms with E-state index in [-0.39, 0.29) is 12.0 Å². The second-order valence-electron chi connectivity index (χ2n) is 4.54. The van der Waals surface area contributed by atoms with E-state index in [1.807, 2.05) is 12.1 Å². The van der Waals surface area contributed by atoms with Gasteiger partial charge in [0.2, 0.25) is 0 Å². The molecule has 2 rings (SSSR count). The zero-order valence-electron chi connectivity index (χ0n) is 10.3. The van der Waals surface area contributed by atoms with Crippen molar-refractivity contribution in [3.05, 3.63) is 29.8 Å². The van der Waals surface area contributed by atoms with E-state index in [2.05, 4.69) is 25.6 Å². The van der Waals surface area contributed by atoms with Crippen LogP contribution in [0.15, 0.2) is 24.3 Å². The van der Waals surface area contributed by atoms with Gasteiger partial charge in [0.25, 0.3) is 0 Å². The lowest BCUT2D eigenvalue weighted by molar-refractivity contribution is 0.0601. The second-order valence-corrected chi connectivity index (χ2v) is 5.83. The first-order valence-corrected chi connectivity index (χ1v) is 6.84. The average Bonchev–Trinajstić information content (AvgIpc) is 2.37. The van der Waals surface area contributed by atoms with E-state index in [0.717, 1.165) is 25.2 Å². The summed E-state index contributed by atoms with van der Waals surface area (Å²) in [4.78, 5) is 14.0. The molecule has 0 spiro atoms. The third-order valence-corrected chi connectivity index (χ3v) is 3.75. The summed E-state index contributed by atoms with van der Waals surface area (Å²) >= 11 is 3.62. The van der Waals surface area contributed by atoms with Crippen LogP contribution in [-0.2, 0) is 4.74 Å². The van der Waals surface area contributed by atoms with Crippen molar-refractivity contribution < 1.29 is 9.53 Å². The van der Waals surface area contributed by atoms with Crippen LogP contribution in [0.25, 0.3) is 0 Å². The first-order valence-electron chi connectivity index (χ1n) is 5.93. The molecule has 98 valence electrons. The van der Waals surface area contributed by atoms with Crippen LogP contribution in [0.2, 0.25) is 0 Å².